The molecule has 0 fully saturated rings. The summed E-state index contributed by atoms with van der Waals surface area (Å²) in [6.07, 6.45) is 6.35. The van der Waals surface area contributed by atoms with Crippen molar-refractivity contribution in [3.05, 3.63) is 34.9 Å². The summed E-state index contributed by atoms with van der Waals surface area (Å²) in [6, 6.07) is 6.52. The fraction of sp³-hybridized carbons (Fsp3) is 0.385. The quantitative estimate of drug-likeness (QED) is 0.601. The minimum Gasteiger partial charge on any atom is -0.120 e. The van der Waals surface area contributed by atoms with Gasteiger partial charge in [-0.25, -0.2) is 0 Å². The van der Waals surface area contributed by atoms with Crippen LogP contribution < -0.4 is 0 Å². The molecular weight excluding hydrogens is 156 g/mol. The van der Waals surface area contributed by atoms with Crippen molar-refractivity contribution in [1.82, 2.24) is 0 Å². The van der Waals surface area contributed by atoms with E-state index < -0.39 is 0 Å². The Morgan fingerprint density at radius 1 is 1.38 bits per heavy atom. The van der Waals surface area contributed by atoms with Gasteiger partial charge in [-0.1, -0.05) is 30.7 Å². The molecule has 0 nitrogen and oxygen atoms in total. The highest BCUT2D eigenvalue weighted by molar-refractivity contribution is 5.31. The smallest absolute Gasteiger partial charge is 0.0212 e. The van der Waals surface area contributed by atoms with Gasteiger partial charge in [-0.2, -0.15) is 0 Å². The molecule has 1 atom stereocenters. The lowest BCUT2D eigenvalue weighted by molar-refractivity contribution is 0.746. The molecule has 0 aromatic heterocycles. The molecule has 0 saturated heterocycles. The van der Waals surface area contributed by atoms with Gasteiger partial charge in [0.2, 0.25) is 0 Å². The van der Waals surface area contributed by atoms with Gasteiger partial charge in [0.15, 0.2) is 0 Å². The number of rotatable bonds is 2. The van der Waals surface area contributed by atoms with E-state index >= 15 is 0 Å². The highest BCUT2D eigenvalue weighted by Gasteiger charge is 2.02. The van der Waals surface area contributed by atoms with E-state index in [1.54, 1.807) is 0 Å². The molecule has 68 valence electrons. The van der Waals surface area contributed by atoms with Crippen molar-refractivity contribution in [2.75, 3.05) is 0 Å². The van der Waals surface area contributed by atoms with E-state index in [4.69, 9.17) is 6.42 Å². The third-order valence-electron chi connectivity index (χ3n) is 2.32. The van der Waals surface area contributed by atoms with E-state index in [2.05, 4.69) is 44.9 Å². The Labute approximate surface area is 81.0 Å². The number of aryl methyl sites for hydroxylation is 2. The van der Waals surface area contributed by atoms with Crippen LogP contribution in [0.3, 0.4) is 0 Å². The van der Waals surface area contributed by atoms with Crippen LogP contribution in [0.25, 0.3) is 0 Å². The molecule has 1 aromatic carbocycles. The molecular formula is C13H16. The molecule has 0 radical (unpaired) electrons. The zero-order valence-corrected chi connectivity index (χ0v) is 8.59. The average molecular weight is 172 g/mol. The van der Waals surface area contributed by atoms with Gasteiger partial charge in [0.05, 0.1) is 0 Å². The van der Waals surface area contributed by atoms with E-state index in [1.807, 2.05) is 0 Å². The van der Waals surface area contributed by atoms with Crippen molar-refractivity contribution >= 4 is 0 Å². The van der Waals surface area contributed by atoms with Crippen LogP contribution in [0.4, 0.5) is 0 Å². The third-order valence-corrected chi connectivity index (χ3v) is 2.32. The largest absolute Gasteiger partial charge is 0.120 e. The Morgan fingerprint density at radius 2 is 2.08 bits per heavy atom. The highest BCUT2D eigenvalue weighted by Crippen LogP contribution is 2.14. The molecule has 0 bridgehead atoms. The van der Waals surface area contributed by atoms with Crippen LogP contribution >= 0.6 is 0 Å². The van der Waals surface area contributed by atoms with Gasteiger partial charge in [0.25, 0.3) is 0 Å². The second-order valence-corrected chi connectivity index (χ2v) is 3.70. The number of benzene rings is 1. The zero-order valence-electron chi connectivity index (χ0n) is 8.59. The first-order chi connectivity index (χ1) is 6.13. The summed E-state index contributed by atoms with van der Waals surface area (Å²) in [5.41, 5.74) is 4.03. The Morgan fingerprint density at radius 3 is 2.69 bits per heavy atom. The van der Waals surface area contributed by atoms with Crippen LogP contribution in [-0.4, -0.2) is 0 Å². The molecule has 0 aliphatic rings. The topological polar surface area (TPSA) is 0 Å². The van der Waals surface area contributed by atoms with Gasteiger partial charge in [-0.3, -0.25) is 0 Å². The summed E-state index contributed by atoms with van der Waals surface area (Å²) < 4.78 is 0. The fourth-order valence-corrected chi connectivity index (χ4v) is 1.41. The Kier molecular flexibility index (Phi) is 3.14. The average Bonchev–Trinajstić information content (AvgIpc) is 2.11. The highest BCUT2D eigenvalue weighted by atomic mass is 14.1. The second kappa shape index (κ2) is 4.14. The Bertz CT molecular complexity index is 328. The van der Waals surface area contributed by atoms with Gasteiger partial charge in [-0.15, -0.1) is 12.3 Å². The summed E-state index contributed by atoms with van der Waals surface area (Å²) in [6.45, 7) is 6.34. The summed E-state index contributed by atoms with van der Waals surface area (Å²) in [5.74, 6) is 3.09. The molecule has 0 aliphatic carbocycles. The van der Waals surface area contributed by atoms with E-state index in [9.17, 15) is 0 Å². The fourth-order valence-electron chi connectivity index (χ4n) is 1.41. The molecule has 0 heterocycles. The SMILES string of the molecule is C#CC(C)Cc1cc(C)ccc1C. The zero-order chi connectivity index (χ0) is 9.84. The van der Waals surface area contributed by atoms with Crippen molar-refractivity contribution in [2.24, 2.45) is 5.92 Å². The molecule has 1 aromatic rings. The van der Waals surface area contributed by atoms with Crippen LogP contribution in [0, 0.1) is 32.1 Å². The maximum atomic E-state index is 5.36. The summed E-state index contributed by atoms with van der Waals surface area (Å²) in [5, 5.41) is 0. The Hall–Kier alpha value is -1.22. The molecule has 0 heteroatoms. The monoisotopic (exact) mass is 172 g/mol. The van der Waals surface area contributed by atoms with Gasteiger partial charge < -0.3 is 0 Å². The van der Waals surface area contributed by atoms with Crippen molar-refractivity contribution in [3.63, 3.8) is 0 Å². The lowest BCUT2D eigenvalue weighted by Crippen LogP contribution is -1.98. The summed E-state index contributed by atoms with van der Waals surface area (Å²) >= 11 is 0. The van der Waals surface area contributed by atoms with Crippen LogP contribution in [-0.2, 0) is 6.42 Å². The maximum Gasteiger partial charge on any atom is 0.0212 e. The van der Waals surface area contributed by atoms with Crippen molar-refractivity contribution < 1.29 is 0 Å². The van der Waals surface area contributed by atoms with Gasteiger partial charge >= 0.3 is 0 Å². The minimum absolute atomic E-state index is 0.334. The molecule has 0 saturated carbocycles. The van der Waals surface area contributed by atoms with E-state index in [-0.39, 0.29) is 0 Å². The number of hydrogen-bond acceptors (Lipinski definition) is 0. The molecule has 13 heavy (non-hydrogen) atoms. The first-order valence-corrected chi connectivity index (χ1v) is 4.65. The standard InChI is InChI=1S/C13H16/c1-5-10(2)8-13-9-11(3)6-7-12(13)4/h1,6-7,9-10H,8H2,2-4H3. The van der Waals surface area contributed by atoms with Gasteiger partial charge in [-0.05, 0) is 31.4 Å². The van der Waals surface area contributed by atoms with Crippen LogP contribution in [0.15, 0.2) is 18.2 Å². The van der Waals surface area contributed by atoms with E-state index in [0.717, 1.165) is 6.42 Å². The van der Waals surface area contributed by atoms with E-state index in [1.165, 1.54) is 16.7 Å². The van der Waals surface area contributed by atoms with Crippen LogP contribution in [0.5, 0.6) is 0 Å². The van der Waals surface area contributed by atoms with Crippen LogP contribution in [0.2, 0.25) is 0 Å². The predicted octanol–water partition coefficient (Wildman–Crippen LogP) is 3.12. The van der Waals surface area contributed by atoms with Crippen molar-refractivity contribution in [3.8, 4) is 12.3 Å². The lowest BCUT2D eigenvalue weighted by Gasteiger charge is -2.08. The predicted molar refractivity (Wildman–Crippen MR) is 57.6 cm³/mol. The first kappa shape index (κ1) is 9.86. The number of hydrogen-bond donors (Lipinski definition) is 0. The molecule has 0 amide bonds. The van der Waals surface area contributed by atoms with Gasteiger partial charge in [0, 0.05) is 5.92 Å². The maximum absolute atomic E-state index is 5.36. The summed E-state index contributed by atoms with van der Waals surface area (Å²) in [7, 11) is 0. The second-order valence-electron chi connectivity index (χ2n) is 3.70. The van der Waals surface area contributed by atoms with E-state index in [0.29, 0.717) is 5.92 Å². The molecule has 0 aliphatic heterocycles. The molecule has 0 spiro atoms. The van der Waals surface area contributed by atoms with Crippen molar-refractivity contribution in [2.45, 2.75) is 27.2 Å². The van der Waals surface area contributed by atoms with Crippen molar-refractivity contribution in [1.29, 1.82) is 0 Å². The minimum atomic E-state index is 0.334. The Balaban J connectivity index is 2.88. The molecule has 1 unspecified atom stereocenters. The lowest BCUT2D eigenvalue weighted by atomic mass is 9.96. The normalized spacial score (nSPS) is 12.2. The molecule has 1 rings (SSSR count). The third kappa shape index (κ3) is 2.63. The van der Waals surface area contributed by atoms with Crippen LogP contribution in [0.1, 0.15) is 23.6 Å². The number of terminal acetylenes is 1. The molecule has 0 N–H and O–H groups in total. The first-order valence-electron chi connectivity index (χ1n) is 4.65. The van der Waals surface area contributed by atoms with Gasteiger partial charge in [0.1, 0.15) is 0 Å². The summed E-state index contributed by atoms with van der Waals surface area (Å²) in [4.78, 5) is 0.